The van der Waals surface area contributed by atoms with Gasteiger partial charge in [0.1, 0.15) is 0 Å². The van der Waals surface area contributed by atoms with E-state index in [1.54, 1.807) is 12.1 Å². The van der Waals surface area contributed by atoms with Crippen LogP contribution in [0.1, 0.15) is 23.2 Å². The Balaban J connectivity index is 2.13. The van der Waals surface area contributed by atoms with Crippen LogP contribution in [0, 0.1) is 5.41 Å². The average molecular weight is 358 g/mol. The molecule has 0 spiro atoms. The van der Waals surface area contributed by atoms with Gasteiger partial charge in [0.2, 0.25) is 0 Å². The van der Waals surface area contributed by atoms with Crippen molar-refractivity contribution in [3.8, 4) is 11.5 Å². The van der Waals surface area contributed by atoms with Crippen LogP contribution in [0.3, 0.4) is 0 Å². The van der Waals surface area contributed by atoms with Crippen molar-refractivity contribution in [1.82, 2.24) is 5.32 Å². The Morgan fingerprint density at radius 1 is 1.33 bits per heavy atom. The van der Waals surface area contributed by atoms with Crippen molar-refractivity contribution in [3.63, 3.8) is 0 Å². The van der Waals surface area contributed by atoms with E-state index in [9.17, 15) is 9.59 Å². The molecule has 1 aliphatic rings. The second kappa shape index (κ2) is 5.93. The zero-order valence-corrected chi connectivity index (χ0v) is 13.3. The number of halogens is 1. The molecule has 1 aliphatic carbocycles. The minimum atomic E-state index is -0.865. The van der Waals surface area contributed by atoms with Crippen LogP contribution in [-0.2, 0) is 4.79 Å². The first-order chi connectivity index (χ1) is 9.93. The molecule has 1 aromatic rings. The van der Waals surface area contributed by atoms with Gasteiger partial charge in [-0.3, -0.25) is 9.59 Å². The highest BCUT2D eigenvalue weighted by molar-refractivity contribution is 9.10. The fourth-order valence-corrected chi connectivity index (χ4v) is 2.62. The first-order valence-electron chi connectivity index (χ1n) is 6.36. The standard InChI is InChI=1S/C14H16BrNO5/c1-20-10-6-8(5-9(15)11(10)21-2)12(17)16-7-14(3-4-14)13(18)19/h5-6H,3-4,7H2,1-2H3,(H,16,17)(H,18,19). The maximum absolute atomic E-state index is 12.1. The molecule has 21 heavy (non-hydrogen) atoms. The fraction of sp³-hybridized carbons (Fsp3) is 0.429. The normalized spacial score (nSPS) is 15.2. The van der Waals surface area contributed by atoms with Crippen LogP contribution in [-0.4, -0.2) is 37.7 Å². The number of methoxy groups -OCH3 is 2. The molecule has 6 nitrogen and oxygen atoms in total. The Bertz CT molecular complexity index is 583. The van der Waals surface area contributed by atoms with Crippen molar-refractivity contribution in [2.24, 2.45) is 5.41 Å². The summed E-state index contributed by atoms with van der Waals surface area (Å²) in [5.41, 5.74) is -0.413. The minimum absolute atomic E-state index is 0.132. The van der Waals surface area contributed by atoms with Gasteiger partial charge in [-0.2, -0.15) is 0 Å². The molecular formula is C14H16BrNO5. The highest BCUT2D eigenvalue weighted by Crippen LogP contribution is 2.45. The third kappa shape index (κ3) is 3.12. The number of carboxylic acids is 1. The van der Waals surface area contributed by atoms with E-state index < -0.39 is 11.4 Å². The summed E-state index contributed by atoms with van der Waals surface area (Å²) in [4.78, 5) is 23.2. The SMILES string of the molecule is COc1cc(C(=O)NCC2(C(=O)O)CC2)cc(Br)c1OC. The molecule has 0 atom stereocenters. The summed E-state index contributed by atoms with van der Waals surface area (Å²) in [6, 6.07) is 3.16. The van der Waals surface area contributed by atoms with Crippen LogP contribution in [0.5, 0.6) is 11.5 Å². The Morgan fingerprint density at radius 2 is 2.00 bits per heavy atom. The number of aliphatic carboxylic acids is 1. The Morgan fingerprint density at radius 3 is 2.48 bits per heavy atom. The summed E-state index contributed by atoms with van der Waals surface area (Å²) < 4.78 is 10.9. The number of carbonyl (C=O) groups is 2. The number of carboxylic acid groups (broad SMARTS) is 1. The van der Waals surface area contributed by atoms with Gasteiger partial charge in [0.25, 0.3) is 5.91 Å². The molecule has 0 unspecified atom stereocenters. The summed E-state index contributed by atoms with van der Waals surface area (Å²) in [5.74, 6) is -0.282. The number of hydrogen-bond donors (Lipinski definition) is 2. The van der Waals surface area contributed by atoms with Gasteiger partial charge in [0.15, 0.2) is 11.5 Å². The van der Waals surface area contributed by atoms with E-state index in [2.05, 4.69) is 21.2 Å². The predicted molar refractivity (Wildman–Crippen MR) is 78.9 cm³/mol. The van der Waals surface area contributed by atoms with Gasteiger partial charge < -0.3 is 19.9 Å². The Hall–Kier alpha value is -1.76. The molecule has 7 heteroatoms. The summed E-state index contributed by atoms with van der Waals surface area (Å²) in [7, 11) is 2.99. The van der Waals surface area contributed by atoms with Crippen molar-refractivity contribution in [2.75, 3.05) is 20.8 Å². The molecule has 1 fully saturated rings. The molecule has 0 aliphatic heterocycles. The van der Waals surface area contributed by atoms with Crippen molar-refractivity contribution >= 4 is 27.8 Å². The Kier molecular flexibility index (Phi) is 4.41. The number of carbonyl (C=O) groups excluding carboxylic acids is 1. The lowest BCUT2D eigenvalue weighted by molar-refractivity contribution is -0.143. The van der Waals surface area contributed by atoms with Gasteiger partial charge in [-0.1, -0.05) is 0 Å². The largest absolute Gasteiger partial charge is 0.493 e. The number of amides is 1. The third-order valence-corrected chi connectivity index (χ3v) is 4.18. The topological polar surface area (TPSA) is 84.9 Å². The van der Waals surface area contributed by atoms with Crippen LogP contribution >= 0.6 is 15.9 Å². The van der Waals surface area contributed by atoms with Gasteiger partial charge in [-0.25, -0.2) is 0 Å². The molecule has 1 saturated carbocycles. The van der Waals surface area contributed by atoms with Crippen LogP contribution in [0.15, 0.2) is 16.6 Å². The van der Waals surface area contributed by atoms with Crippen LogP contribution in [0.2, 0.25) is 0 Å². The second-order valence-electron chi connectivity index (χ2n) is 4.96. The van der Waals surface area contributed by atoms with Gasteiger partial charge in [-0.05, 0) is 40.9 Å². The number of nitrogens with one attached hydrogen (secondary N) is 1. The van der Waals surface area contributed by atoms with E-state index in [0.29, 0.717) is 34.4 Å². The quantitative estimate of drug-likeness (QED) is 0.813. The lowest BCUT2D eigenvalue weighted by Crippen LogP contribution is -2.34. The minimum Gasteiger partial charge on any atom is -0.493 e. The molecule has 0 saturated heterocycles. The van der Waals surface area contributed by atoms with Crippen molar-refractivity contribution < 1.29 is 24.2 Å². The lowest BCUT2D eigenvalue weighted by atomic mass is 10.1. The van der Waals surface area contributed by atoms with E-state index in [1.807, 2.05) is 0 Å². The molecule has 2 N–H and O–H groups in total. The number of ether oxygens (including phenoxy) is 2. The predicted octanol–water partition coefficient (Wildman–Crippen LogP) is 2.06. The van der Waals surface area contributed by atoms with E-state index >= 15 is 0 Å². The highest BCUT2D eigenvalue weighted by Gasteiger charge is 2.50. The molecule has 1 aromatic carbocycles. The summed E-state index contributed by atoms with van der Waals surface area (Å²) >= 11 is 3.31. The monoisotopic (exact) mass is 357 g/mol. The molecule has 1 amide bonds. The molecule has 2 rings (SSSR count). The maximum Gasteiger partial charge on any atom is 0.311 e. The zero-order valence-electron chi connectivity index (χ0n) is 11.7. The van der Waals surface area contributed by atoms with Crippen molar-refractivity contribution in [1.29, 1.82) is 0 Å². The smallest absolute Gasteiger partial charge is 0.311 e. The first kappa shape index (κ1) is 15.6. The average Bonchev–Trinajstić information content (AvgIpc) is 3.25. The number of rotatable bonds is 6. The van der Waals surface area contributed by atoms with Gasteiger partial charge in [0.05, 0.1) is 24.1 Å². The van der Waals surface area contributed by atoms with E-state index in [-0.39, 0.29) is 12.5 Å². The van der Waals surface area contributed by atoms with E-state index in [0.717, 1.165) is 0 Å². The summed E-state index contributed by atoms with van der Waals surface area (Å²) in [6.07, 6.45) is 1.19. The van der Waals surface area contributed by atoms with Crippen molar-refractivity contribution in [2.45, 2.75) is 12.8 Å². The number of benzene rings is 1. The van der Waals surface area contributed by atoms with E-state index in [1.165, 1.54) is 14.2 Å². The molecule has 0 heterocycles. The first-order valence-corrected chi connectivity index (χ1v) is 7.16. The fourth-order valence-electron chi connectivity index (χ4n) is 2.02. The van der Waals surface area contributed by atoms with Gasteiger partial charge in [0, 0.05) is 12.1 Å². The molecule has 114 valence electrons. The highest BCUT2D eigenvalue weighted by atomic mass is 79.9. The van der Waals surface area contributed by atoms with Crippen LogP contribution in [0.4, 0.5) is 0 Å². The third-order valence-electron chi connectivity index (χ3n) is 3.59. The molecular weight excluding hydrogens is 342 g/mol. The molecule has 0 radical (unpaired) electrons. The van der Waals surface area contributed by atoms with Gasteiger partial charge in [-0.15, -0.1) is 0 Å². The molecule has 0 bridgehead atoms. The number of hydrogen-bond acceptors (Lipinski definition) is 4. The van der Waals surface area contributed by atoms with Crippen LogP contribution in [0.25, 0.3) is 0 Å². The molecule has 0 aromatic heterocycles. The van der Waals surface area contributed by atoms with Gasteiger partial charge >= 0.3 is 5.97 Å². The lowest BCUT2D eigenvalue weighted by Gasteiger charge is -2.14. The summed E-state index contributed by atoms with van der Waals surface area (Å²) in [6.45, 7) is 0.132. The Labute approximate surface area is 130 Å². The second-order valence-corrected chi connectivity index (χ2v) is 5.82. The zero-order chi connectivity index (χ0) is 15.6. The van der Waals surface area contributed by atoms with E-state index in [4.69, 9.17) is 14.6 Å². The van der Waals surface area contributed by atoms with Crippen molar-refractivity contribution in [3.05, 3.63) is 22.2 Å². The van der Waals surface area contributed by atoms with Crippen LogP contribution < -0.4 is 14.8 Å². The maximum atomic E-state index is 12.1. The summed E-state index contributed by atoms with van der Waals surface area (Å²) in [5, 5.41) is 11.7.